The number of benzene rings is 1. The molecule has 0 atom stereocenters. The number of nitrogens with zero attached hydrogens (tertiary/aromatic N) is 1. The van der Waals surface area contributed by atoms with Gasteiger partial charge in [-0.2, -0.15) is 0 Å². The summed E-state index contributed by atoms with van der Waals surface area (Å²) in [6.45, 7) is 1.90. The first-order chi connectivity index (χ1) is 9.63. The van der Waals surface area contributed by atoms with E-state index in [0.717, 1.165) is 24.1 Å². The van der Waals surface area contributed by atoms with E-state index in [9.17, 15) is 4.79 Å². The van der Waals surface area contributed by atoms with Crippen LogP contribution in [0.4, 0.5) is 10.8 Å². The van der Waals surface area contributed by atoms with Crippen LogP contribution in [0.5, 0.6) is 0 Å². The van der Waals surface area contributed by atoms with Crippen molar-refractivity contribution in [3.8, 4) is 0 Å². The van der Waals surface area contributed by atoms with Gasteiger partial charge < -0.3 is 5.73 Å². The summed E-state index contributed by atoms with van der Waals surface area (Å²) in [7, 11) is 0. The Kier molecular flexibility index (Phi) is 4.85. The molecule has 4 nitrogen and oxygen atoms in total. The Hall–Kier alpha value is -1.59. The molecule has 0 aliphatic heterocycles. The van der Waals surface area contributed by atoms with Crippen LogP contribution in [-0.4, -0.2) is 10.9 Å². The van der Waals surface area contributed by atoms with E-state index in [1.54, 1.807) is 23.5 Å². The van der Waals surface area contributed by atoms with Gasteiger partial charge in [0.05, 0.1) is 5.69 Å². The second-order valence-corrected chi connectivity index (χ2v) is 6.21. The summed E-state index contributed by atoms with van der Waals surface area (Å²) < 4.78 is 0. The molecule has 1 amide bonds. The average molecular weight is 324 g/mol. The van der Waals surface area contributed by atoms with Gasteiger partial charge in [-0.3, -0.25) is 10.1 Å². The topological polar surface area (TPSA) is 68.0 Å². The molecule has 1 aliphatic carbocycles. The maximum Gasteiger partial charge on any atom is 0.257 e. The molecule has 1 heterocycles. The number of carbonyl (C=O) groups excluding carboxylic acids is 1. The van der Waals surface area contributed by atoms with Crippen LogP contribution in [0.25, 0.3) is 0 Å². The zero-order valence-electron chi connectivity index (χ0n) is 11.8. The largest absolute Gasteiger partial charge is 0.399 e. The van der Waals surface area contributed by atoms with Crippen molar-refractivity contribution in [2.24, 2.45) is 0 Å². The molecule has 112 valence electrons. The number of nitrogens with two attached hydrogens (primary N) is 1. The van der Waals surface area contributed by atoms with Gasteiger partial charge in [0.2, 0.25) is 0 Å². The third-order valence-electron chi connectivity index (χ3n) is 3.57. The summed E-state index contributed by atoms with van der Waals surface area (Å²) in [4.78, 5) is 18.1. The number of aromatic nitrogens is 1. The van der Waals surface area contributed by atoms with E-state index >= 15 is 0 Å². The van der Waals surface area contributed by atoms with E-state index in [0.29, 0.717) is 16.4 Å². The van der Waals surface area contributed by atoms with Gasteiger partial charge in [-0.1, -0.05) is 6.07 Å². The first-order valence-corrected chi connectivity index (χ1v) is 7.61. The van der Waals surface area contributed by atoms with E-state index in [1.165, 1.54) is 17.7 Å². The van der Waals surface area contributed by atoms with Crippen molar-refractivity contribution in [2.75, 3.05) is 11.1 Å². The normalized spacial score (nSPS) is 13.2. The van der Waals surface area contributed by atoms with Gasteiger partial charge in [-0.25, -0.2) is 4.98 Å². The number of anilines is 2. The number of hydrogen-bond donors (Lipinski definition) is 2. The number of fused-ring (bicyclic) bond motifs is 1. The third-order valence-corrected chi connectivity index (χ3v) is 4.65. The second-order valence-electron chi connectivity index (χ2n) is 5.12. The highest BCUT2D eigenvalue weighted by Gasteiger charge is 2.17. The van der Waals surface area contributed by atoms with Gasteiger partial charge in [0.25, 0.3) is 5.91 Å². The number of amides is 1. The third kappa shape index (κ3) is 3.36. The average Bonchev–Trinajstić information content (AvgIpc) is 2.83. The fourth-order valence-electron chi connectivity index (χ4n) is 2.45. The lowest BCUT2D eigenvalue weighted by Gasteiger charge is -2.06. The molecule has 21 heavy (non-hydrogen) atoms. The number of aryl methyl sites for hydroxylation is 3. The molecule has 6 heteroatoms. The number of nitrogens with one attached hydrogen (secondary N) is 1. The van der Waals surface area contributed by atoms with Crippen LogP contribution in [-0.2, 0) is 12.8 Å². The molecule has 1 aliphatic rings. The molecule has 0 bridgehead atoms. The van der Waals surface area contributed by atoms with Gasteiger partial charge >= 0.3 is 0 Å². The molecule has 2 aromatic rings. The Morgan fingerprint density at radius 3 is 2.86 bits per heavy atom. The van der Waals surface area contributed by atoms with Gasteiger partial charge in [0.15, 0.2) is 5.13 Å². The van der Waals surface area contributed by atoms with Crippen LogP contribution in [0.15, 0.2) is 18.2 Å². The highest BCUT2D eigenvalue weighted by atomic mass is 35.5. The van der Waals surface area contributed by atoms with Crippen LogP contribution in [0.3, 0.4) is 0 Å². The Morgan fingerprint density at radius 2 is 2.10 bits per heavy atom. The molecule has 0 radical (unpaired) electrons. The van der Waals surface area contributed by atoms with Crippen LogP contribution < -0.4 is 11.1 Å². The predicted molar refractivity (Wildman–Crippen MR) is 89.5 cm³/mol. The van der Waals surface area contributed by atoms with E-state index in [4.69, 9.17) is 5.73 Å². The highest BCUT2D eigenvalue weighted by Crippen LogP contribution is 2.30. The summed E-state index contributed by atoms with van der Waals surface area (Å²) in [5.74, 6) is -0.138. The lowest BCUT2D eigenvalue weighted by Crippen LogP contribution is -2.13. The van der Waals surface area contributed by atoms with Crippen LogP contribution in [0.1, 0.15) is 39.3 Å². The molecule has 0 saturated heterocycles. The predicted octanol–water partition coefficient (Wildman–Crippen LogP) is 3.59. The Balaban J connectivity index is 0.00000161. The molecular formula is C15H18ClN3OS. The zero-order chi connectivity index (χ0) is 14.1. The molecule has 1 aromatic heterocycles. The number of rotatable bonds is 2. The van der Waals surface area contributed by atoms with E-state index in [2.05, 4.69) is 10.3 Å². The Bertz CT molecular complexity index is 645. The summed E-state index contributed by atoms with van der Waals surface area (Å²) in [6.07, 6.45) is 4.52. The summed E-state index contributed by atoms with van der Waals surface area (Å²) in [5, 5.41) is 3.59. The van der Waals surface area contributed by atoms with Crippen molar-refractivity contribution in [3.63, 3.8) is 0 Å². The number of carbonyl (C=O) groups is 1. The lowest BCUT2D eigenvalue weighted by atomic mass is 10.0. The number of hydrogen-bond acceptors (Lipinski definition) is 4. The van der Waals surface area contributed by atoms with Crippen molar-refractivity contribution >= 4 is 40.5 Å². The molecule has 1 aromatic carbocycles. The maximum atomic E-state index is 12.3. The summed E-state index contributed by atoms with van der Waals surface area (Å²) >= 11 is 1.59. The molecular weight excluding hydrogens is 306 g/mol. The second kappa shape index (κ2) is 6.45. The smallest absolute Gasteiger partial charge is 0.257 e. The lowest BCUT2D eigenvalue weighted by molar-refractivity contribution is 0.102. The van der Waals surface area contributed by atoms with Crippen molar-refractivity contribution < 1.29 is 4.79 Å². The number of nitrogen functional groups attached to an aromatic ring is 1. The fraction of sp³-hybridized carbons (Fsp3) is 0.333. The van der Waals surface area contributed by atoms with E-state index < -0.39 is 0 Å². The maximum absolute atomic E-state index is 12.3. The van der Waals surface area contributed by atoms with Crippen molar-refractivity contribution in [1.82, 2.24) is 4.98 Å². The fourth-order valence-corrected chi connectivity index (χ4v) is 3.50. The minimum absolute atomic E-state index is 0. The number of thiazole rings is 1. The van der Waals surface area contributed by atoms with Gasteiger partial charge in [-0.05, 0) is 50.3 Å². The molecule has 0 fully saturated rings. The summed E-state index contributed by atoms with van der Waals surface area (Å²) in [6, 6.07) is 5.36. The SMILES string of the molecule is Cc1ccc(N)cc1C(=O)Nc1nc2c(s1)CCCC2.Cl. The van der Waals surface area contributed by atoms with Crippen LogP contribution in [0.2, 0.25) is 0 Å². The van der Waals surface area contributed by atoms with Crippen molar-refractivity contribution in [2.45, 2.75) is 32.6 Å². The summed E-state index contributed by atoms with van der Waals surface area (Å²) in [5.41, 5.74) is 9.02. The van der Waals surface area contributed by atoms with Crippen LogP contribution >= 0.6 is 23.7 Å². The highest BCUT2D eigenvalue weighted by molar-refractivity contribution is 7.15. The molecule has 0 spiro atoms. The molecule has 0 unspecified atom stereocenters. The first kappa shape index (κ1) is 15.8. The molecule has 3 N–H and O–H groups in total. The minimum Gasteiger partial charge on any atom is -0.399 e. The van der Waals surface area contributed by atoms with Crippen molar-refractivity contribution in [3.05, 3.63) is 39.9 Å². The van der Waals surface area contributed by atoms with Crippen LogP contribution in [0, 0.1) is 6.92 Å². The van der Waals surface area contributed by atoms with Gasteiger partial charge in [0, 0.05) is 16.1 Å². The Labute approximate surface area is 134 Å². The standard InChI is InChI=1S/C15H17N3OS.ClH/c1-9-6-7-10(16)8-11(9)14(19)18-15-17-12-4-2-3-5-13(12)20-15;/h6-8H,2-5,16H2,1H3,(H,17,18,19);1H. The number of halogens is 1. The van der Waals surface area contributed by atoms with E-state index in [1.807, 2.05) is 13.0 Å². The van der Waals surface area contributed by atoms with E-state index in [-0.39, 0.29) is 18.3 Å². The molecule has 3 rings (SSSR count). The quantitative estimate of drug-likeness (QED) is 0.830. The van der Waals surface area contributed by atoms with Gasteiger partial charge in [0.1, 0.15) is 0 Å². The monoisotopic (exact) mass is 323 g/mol. The van der Waals surface area contributed by atoms with Crippen molar-refractivity contribution in [1.29, 1.82) is 0 Å². The van der Waals surface area contributed by atoms with Gasteiger partial charge in [-0.15, -0.1) is 23.7 Å². The minimum atomic E-state index is -0.138. The zero-order valence-corrected chi connectivity index (χ0v) is 13.4. The first-order valence-electron chi connectivity index (χ1n) is 6.79. The molecule has 0 saturated carbocycles. The Morgan fingerprint density at radius 1 is 1.33 bits per heavy atom.